The van der Waals surface area contributed by atoms with Crippen LogP contribution in [-0.4, -0.2) is 37.6 Å². The Balaban J connectivity index is 2.09. The van der Waals surface area contributed by atoms with Crippen LogP contribution in [0.1, 0.15) is 39.5 Å². The van der Waals surface area contributed by atoms with Crippen LogP contribution in [0.3, 0.4) is 0 Å². The molecule has 0 aromatic carbocycles. The number of hydrogen-bond acceptors (Lipinski definition) is 3. The van der Waals surface area contributed by atoms with Crippen molar-refractivity contribution in [1.82, 2.24) is 10.2 Å². The second-order valence-electron chi connectivity index (χ2n) is 5.58. The van der Waals surface area contributed by atoms with Gasteiger partial charge in [0, 0.05) is 12.6 Å². The van der Waals surface area contributed by atoms with Gasteiger partial charge in [0.25, 0.3) is 0 Å². The number of likely N-dealkylation sites (N-methyl/N-ethyl adjacent to an activating group) is 1. The minimum atomic E-state index is -0.145. The van der Waals surface area contributed by atoms with Crippen LogP contribution in [0.4, 0.5) is 0 Å². The van der Waals surface area contributed by atoms with E-state index in [-0.39, 0.29) is 5.41 Å². The second kappa shape index (κ2) is 6.22. The molecule has 1 atom stereocenters. The molecule has 3 nitrogen and oxygen atoms in total. The lowest BCUT2D eigenvalue weighted by Gasteiger charge is -2.23. The summed E-state index contributed by atoms with van der Waals surface area (Å²) in [5.74, 6) is 0. The number of nitrogens with zero attached hydrogens (tertiary/aromatic N) is 2. The van der Waals surface area contributed by atoms with Crippen molar-refractivity contribution < 1.29 is 0 Å². The van der Waals surface area contributed by atoms with Gasteiger partial charge >= 0.3 is 0 Å². The zero-order valence-electron chi connectivity index (χ0n) is 10.9. The summed E-state index contributed by atoms with van der Waals surface area (Å²) in [5.41, 5.74) is -0.145. The number of unbranched alkanes of at least 4 members (excludes halogenated alkanes) is 1. The molecule has 1 heterocycles. The number of nitrogens with one attached hydrogen (secondary N) is 1. The van der Waals surface area contributed by atoms with Gasteiger partial charge in [-0.05, 0) is 53.2 Å². The molecule has 0 aromatic rings. The number of nitriles is 1. The van der Waals surface area contributed by atoms with Gasteiger partial charge in [-0.25, -0.2) is 0 Å². The first-order valence-electron chi connectivity index (χ1n) is 6.37. The van der Waals surface area contributed by atoms with Gasteiger partial charge < -0.3 is 10.2 Å². The summed E-state index contributed by atoms with van der Waals surface area (Å²) in [6.07, 6.45) is 4.66. The molecule has 3 heteroatoms. The zero-order chi connectivity index (χ0) is 12.0. The minimum absolute atomic E-state index is 0.145. The molecular weight excluding hydrogens is 198 g/mol. The van der Waals surface area contributed by atoms with E-state index in [0.717, 1.165) is 38.5 Å². The Hall–Kier alpha value is -0.590. The predicted octanol–water partition coefficient (Wildman–Crippen LogP) is 2.00. The van der Waals surface area contributed by atoms with Crippen molar-refractivity contribution in [2.24, 2.45) is 5.41 Å². The van der Waals surface area contributed by atoms with Crippen LogP contribution in [0.15, 0.2) is 0 Å². The standard InChI is InChI=1S/C13H25N3/c1-13(2,11-14)7-4-5-9-16(3)12-6-8-15-10-12/h12,15H,4-10H2,1-3H3. The van der Waals surface area contributed by atoms with Crippen molar-refractivity contribution in [2.45, 2.75) is 45.6 Å². The Morgan fingerprint density at radius 2 is 2.19 bits per heavy atom. The van der Waals surface area contributed by atoms with Crippen LogP contribution in [0.2, 0.25) is 0 Å². The Labute approximate surface area is 99.8 Å². The topological polar surface area (TPSA) is 39.1 Å². The fourth-order valence-corrected chi connectivity index (χ4v) is 2.18. The first kappa shape index (κ1) is 13.5. The van der Waals surface area contributed by atoms with E-state index < -0.39 is 0 Å². The molecule has 16 heavy (non-hydrogen) atoms. The van der Waals surface area contributed by atoms with Gasteiger partial charge in [0.15, 0.2) is 0 Å². The smallest absolute Gasteiger partial charge is 0.0683 e. The highest BCUT2D eigenvalue weighted by Crippen LogP contribution is 2.21. The summed E-state index contributed by atoms with van der Waals surface area (Å²) < 4.78 is 0. The van der Waals surface area contributed by atoms with Gasteiger partial charge in [-0.2, -0.15) is 5.26 Å². The monoisotopic (exact) mass is 223 g/mol. The van der Waals surface area contributed by atoms with E-state index in [1.807, 2.05) is 13.8 Å². The van der Waals surface area contributed by atoms with Crippen molar-refractivity contribution in [3.8, 4) is 6.07 Å². The third-order valence-corrected chi connectivity index (χ3v) is 3.52. The molecule has 1 saturated heterocycles. The van der Waals surface area contributed by atoms with Crippen LogP contribution in [0, 0.1) is 16.7 Å². The molecule has 0 spiro atoms. The largest absolute Gasteiger partial charge is 0.315 e. The van der Waals surface area contributed by atoms with E-state index in [1.165, 1.54) is 12.8 Å². The molecule has 0 amide bonds. The molecule has 1 rings (SSSR count). The van der Waals surface area contributed by atoms with Crippen LogP contribution in [0.5, 0.6) is 0 Å². The average molecular weight is 223 g/mol. The zero-order valence-corrected chi connectivity index (χ0v) is 10.9. The van der Waals surface area contributed by atoms with E-state index in [2.05, 4.69) is 23.3 Å². The van der Waals surface area contributed by atoms with E-state index in [1.54, 1.807) is 0 Å². The molecule has 0 aromatic heterocycles. The molecule has 0 radical (unpaired) electrons. The highest BCUT2D eigenvalue weighted by molar-refractivity contribution is 4.91. The molecule has 0 bridgehead atoms. The summed E-state index contributed by atoms with van der Waals surface area (Å²) in [6, 6.07) is 3.09. The molecule has 1 aliphatic heterocycles. The van der Waals surface area contributed by atoms with Crippen molar-refractivity contribution in [2.75, 3.05) is 26.7 Å². The molecule has 1 aliphatic rings. The summed E-state index contributed by atoms with van der Waals surface area (Å²) in [5, 5.41) is 12.3. The lowest BCUT2D eigenvalue weighted by Crippen LogP contribution is -2.34. The highest BCUT2D eigenvalue weighted by atomic mass is 15.2. The van der Waals surface area contributed by atoms with Gasteiger partial charge in [-0.15, -0.1) is 0 Å². The average Bonchev–Trinajstić information content (AvgIpc) is 2.77. The summed E-state index contributed by atoms with van der Waals surface area (Å²) in [6.45, 7) is 7.51. The van der Waals surface area contributed by atoms with Gasteiger partial charge in [0.1, 0.15) is 0 Å². The Bertz CT molecular complexity index is 236. The maximum atomic E-state index is 8.91. The molecular formula is C13H25N3. The normalized spacial score (nSPS) is 21.3. The van der Waals surface area contributed by atoms with Crippen molar-refractivity contribution in [1.29, 1.82) is 5.26 Å². The van der Waals surface area contributed by atoms with E-state index in [0.29, 0.717) is 0 Å². The molecule has 1 fully saturated rings. The van der Waals surface area contributed by atoms with Crippen LogP contribution in [0.25, 0.3) is 0 Å². The fraction of sp³-hybridized carbons (Fsp3) is 0.923. The summed E-state index contributed by atoms with van der Waals surface area (Å²) >= 11 is 0. The minimum Gasteiger partial charge on any atom is -0.315 e. The summed E-state index contributed by atoms with van der Waals surface area (Å²) in [7, 11) is 2.22. The van der Waals surface area contributed by atoms with Gasteiger partial charge in [-0.3, -0.25) is 0 Å². The van der Waals surface area contributed by atoms with Crippen molar-refractivity contribution in [3.05, 3.63) is 0 Å². The van der Waals surface area contributed by atoms with Crippen LogP contribution < -0.4 is 5.32 Å². The van der Waals surface area contributed by atoms with E-state index >= 15 is 0 Å². The molecule has 1 unspecified atom stereocenters. The van der Waals surface area contributed by atoms with Gasteiger partial charge in [-0.1, -0.05) is 6.42 Å². The third kappa shape index (κ3) is 4.51. The first-order chi connectivity index (χ1) is 7.55. The number of rotatable bonds is 6. The number of hydrogen-bond donors (Lipinski definition) is 1. The predicted molar refractivity (Wildman–Crippen MR) is 67.1 cm³/mol. The molecule has 0 aliphatic carbocycles. The Kier molecular flexibility index (Phi) is 5.24. The van der Waals surface area contributed by atoms with Crippen LogP contribution in [-0.2, 0) is 0 Å². The van der Waals surface area contributed by atoms with Crippen molar-refractivity contribution >= 4 is 0 Å². The molecule has 0 saturated carbocycles. The van der Waals surface area contributed by atoms with E-state index in [9.17, 15) is 0 Å². The lowest BCUT2D eigenvalue weighted by atomic mass is 9.89. The van der Waals surface area contributed by atoms with E-state index in [4.69, 9.17) is 5.26 Å². The Morgan fingerprint density at radius 1 is 1.44 bits per heavy atom. The maximum Gasteiger partial charge on any atom is 0.0683 e. The quantitative estimate of drug-likeness (QED) is 0.700. The SMILES string of the molecule is CN(CCCCC(C)(C)C#N)C1CCNC1. The summed E-state index contributed by atoms with van der Waals surface area (Å²) in [4.78, 5) is 2.46. The first-order valence-corrected chi connectivity index (χ1v) is 6.37. The van der Waals surface area contributed by atoms with Crippen molar-refractivity contribution in [3.63, 3.8) is 0 Å². The maximum absolute atomic E-state index is 8.91. The second-order valence-corrected chi connectivity index (χ2v) is 5.58. The van der Waals surface area contributed by atoms with Crippen LogP contribution >= 0.6 is 0 Å². The highest BCUT2D eigenvalue weighted by Gasteiger charge is 2.19. The lowest BCUT2D eigenvalue weighted by molar-refractivity contribution is 0.247. The van der Waals surface area contributed by atoms with Gasteiger partial charge in [0.05, 0.1) is 11.5 Å². The Morgan fingerprint density at radius 3 is 2.75 bits per heavy atom. The van der Waals surface area contributed by atoms with Gasteiger partial charge in [0.2, 0.25) is 0 Å². The third-order valence-electron chi connectivity index (χ3n) is 3.52. The molecule has 1 N–H and O–H groups in total. The molecule has 92 valence electrons. The fourth-order valence-electron chi connectivity index (χ4n) is 2.18.